The van der Waals surface area contributed by atoms with Crippen LogP contribution in [0.5, 0.6) is 5.88 Å². The van der Waals surface area contributed by atoms with Crippen molar-refractivity contribution in [3.8, 4) is 11.9 Å². The van der Waals surface area contributed by atoms with Crippen molar-refractivity contribution in [1.82, 2.24) is 20.3 Å². The summed E-state index contributed by atoms with van der Waals surface area (Å²) in [6.45, 7) is 4.41. The van der Waals surface area contributed by atoms with Crippen LogP contribution in [0.25, 0.3) is 0 Å². The molecule has 5 saturated carbocycles. The number of hydrogen-bond donors (Lipinski definition) is 4. The van der Waals surface area contributed by atoms with E-state index in [1.165, 1.54) is 32.1 Å². The first-order valence-corrected chi connectivity index (χ1v) is 15.0. The van der Waals surface area contributed by atoms with Gasteiger partial charge in [-0.1, -0.05) is 6.07 Å². The molecule has 0 aliphatic heterocycles. The second-order valence-electron chi connectivity index (χ2n) is 13.3. The minimum Gasteiger partial charge on any atom is -0.481 e. The Kier molecular flexibility index (Phi) is 7.58. The van der Waals surface area contributed by atoms with Crippen molar-refractivity contribution in [2.45, 2.75) is 82.9 Å². The summed E-state index contributed by atoms with van der Waals surface area (Å²) in [5.41, 5.74) is 1.20. The molecule has 5 aliphatic carbocycles. The lowest BCUT2D eigenvalue weighted by atomic mass is 9.48. The van der Waals surface area contributed by atoms with E-state index in [-0.39, 0.29) is 5.41 Å². The predicted octanol–water partition coefficient (Wildman–Crippen LogP) is 4.50. The molecule has 9 nitrogen and oxygen atoms in total. The molecule has 4 bridgehead atoms. The van der Waals surface area contributed by atoms with Crippen LogP contribution in [-0.2, 0) is 6.54 Å². The van der Waals surface area contributed by atoms with Gasteiger partial charge in [0.05, 0.1) is 18.9 Å². The smallest absolute Gasteiger partial charge is 0.224 e. The Labute approximate surface area is 237 Å². The van der Waals surface area contributed by atoms with Gasteiger partial charge in [-0.25, -0.2) is 9.97 Å². The van der Waals surface area contributed by atoms with Crippen molar-refractivity contribution in [3.05, 3.63) is 35.7 Å². The van der Waals surface area contributed by atoms with Crippen molar-refractivity contribution in [3.63, 3.8) is 0 Å². The van der Waals surface area contributed by atoms with E-state index in [2.05, 4.69) is 32.0 Å². The summed E-state index contributed by atoms with van der Waals surface area (Å²) in [4.78, 5) is 13.3. The highest BCUT2D eigenvalue weighted by Crippen LogP contribution is 2.60. The summed E-state index contributed by atoms with van der Waals surface area (Å²) in [5, 5.41) is 30.9. The molecule has 214 valence electrons. The molecule has 0 saturated heterocycles. The number of nitrogens with zero attached hydrogens (tertiary/aromatic N) is 4. The van der Waals surface area contributed by atoms with Crippen molar-refractivity contribution < 1.29 is 9.84 Å². The minimum absolute atomic E-state index is 0.270. The van der Waals surface area contributed by atoms with Crippen LogP contribution in [0.15, 0.2) is 24.5 Å². The molecule has 0 radical (unpaired) electrons. The van der Waals surface area contributed by atoms with E-state index < -0.39 is 5.60 Å². The van der Waals surface area contributed by atoms with Crippen molar-refractivity contribution in [2.75, 3.05) is 30.8 Å². The van der Waals surface area contributed by atoms with Gasteiger partial charge in [-0.15, -0.1) is 0 Å². The van der Waals surface area contributed by atoms with Crippen LogP contribution in [0.2, 0.25) is 0 Å². The summed E-state index contributed by atoms with van der Waals surface area (Å²) in [6.07, 6.45) is 13.9. The monoisotopic (exact) mass is 545 g/mol. The molecule has 5 atom stereocenters. The average Bonchev–Trinajstić information content (AvgIpc) is 2.95. The molecule has 9 heteroatoms. The molecule has 2 aromatic heterocycles. The highest BCUT2D eigenvalue weighted by molar-refractivity contribution is 5.53. The number of nitriles is 1. The Hall–Kier alpha value is -2.96. The molecule has 0 spiro atoms. The molecule has 0 amide bonds. The van der Waals surface area contributed by atoms with Gasteiger partial charge < -0.3 is 25.8 Å². The zero-order valence-electron chi connectivity index (χ0n) is 23.8. The summed E-state index contributed by atoms with van der Waals surface area (Å²) in [6, 6.07) is 6.72. The topological polar surface area (TPSA) is 128 Å². The number of anilines is 2. The second-order valence-corrected chi connectivity index (χ2v) is 13.3. The van der Waals surface area contributed by atoms with Gasteiger partial charge in [0.2, 0.25) is 11.8 Å². The Morgan fingerprint density at radius 2 is 1.90 bits per heavy atom. The SMILES string of the molecule is COc1ncccc1CNc1ncc(C#N)c(NC[C@]23CC4C[C@H](C2)[C@@H](NC[C@H]2CC[C@@](C)(O)CC2)[C@@H](C4)C3)n1. The van der Waals surface area contributed by atoms with E-state index in [4.69, 9.17) is 9.72 Å². The first kappa shape index (κ1) is 27.2. The maximum Gasteiger partial charge on any atom is 0.224 e. The van der Waals surface area contributed by atoms with Crippen LogP contribution >= 0.6 is 0 Å². The summed E-state index contributed by atoms with van der Waals surface area (Å²) >= 11 is 0. The predicted molar refractivity (Wildman–Crippen MR) is 154 cm³/mol. The number of aromatic nitrogens is 3. The Morgan fingerprint density at radius 1 is 1.12 bits per heavy atom. The first-order chi connectivity index (χ1) is 19.4. The lowest BCUT2D eigenvalue weighted by Gasteiger charge is -2.60. The van der Waals surface area contributed by atoms with Gasteiger partial charge in [-0.3, -0.25) is 0 Å². The molecular weight excluding hydrogens is 502 g/mol. The quantitative estimate of drug-likeness (QED) is 0.341. The number of aliphatic hydroxyl groups is 1. The van der Waals surface area contributed by atoms with Gasteiger partial charge in [0.15, 0.2) is 0 Å². The fourth-order valence-corrected chi connectivity index (χ4v) is 8.42. The van der Waals surface area contributed by atoms with Crippen LogP contribution in [0.4, 0.5) is 11.8 Å². The molecule has 1 unspecified atom stereocenters. The van der Waals surface area contributed by atoms with Gasteiger partial charge in [0.1, 0.15) is 17.5 Å². The highest BCUT2D eigenvalue weighted by Gasteiger charge is 2.55. The highest BCUT2D eigenvalue weighted by atomic mass is 16.5. The second kappa shape index (κ2) is 11.1. The van der Waals surface area contributed by atoms with Crippen LogP contribution in [0, 0.1) is 40.4 Å². The van der Waals surface area contributed by atoms with Crippen LogP contribution in [0.3, 0.4) is 0 Å². The zero-order chi connectivity index (χ0) is 27.7. The van der Waals surface area contributed by atoms with Crippen LogP contribution in [-0.4, -0.2) is 51.9 Å². The lowest BCUT2D eigenvalue weighted by molar-refractivity contribution is -0.0711. The van der Waals surface area contributed by atoms with Gasteiger partial charge >= 0.3 is 0 Å². The van der Waals surface area contributed by atoms with E-state index >= 15 is 0 Å². The number of pyridine rings is 1. The number of rotatable bonds is 10. The van der Waals surface area contributed by atoms with E-state index in [1.54, 1.807) is 19.5 Å². The minimum atomic E-state index is -0.461. The molecule has 7 rings (SSSR count). The van der Waals surface area contributed by atoms with Crippen molar-refractivity contribution in [1.29, 1.82) is 5.26 Å². The van der Waals surface area contributed by atoms with E-state index in [0.29, 0.717) is 41.7 Å². The summed E-state index contributed by atoms with van der Waals surface area (Å²) < 4.78 is 5.35. The molecule has 4 N–H and O–H groups in total. The molecule has 5 fully saturated rings. The van der Waals surface area contributed by atoms with E-state index in [1.807, 2.05) is 19.1 Å². The maximum atomic E-state index is 10.3. The normalized spacial score (nSPS) is 34.3. The molecule has 0 aromatic carbocycles. The Bertz CT molecular complexity index is 1220. The zero-order valence-corrected chi connectivity index (χ0v) is 23.8. The third kappa shape index (κ3) is 5.75. The molecule has 40 heavy (non-hydrogen) atoms. The molecule has 2 aromatic rings. The van der Waals surface area contributed by atoms with Crippen molar-refractivity contribution >= 4 is 11.8 Å². The fraction of sp³-hybridized carbons (Fsp3) is 0.677. The Morgan fingerprint density at radius 3 is 2.62 bits per heavy atom. The third-order valence-electron chi connectivity index (χ3n) is 10.2. The summed E-state index contributed by atoms with van der Waals surface area (Å²) in [7, 11) is 1.61. The van der Waals surface area contributed by atoms with E-state index in [0.717, 1.165) is 62.1 Å². The number of methoxy groups -OCH3 is 1. The molecule has 5 aliphatic rings. The van der Waals surface area contributed by atoms with Crippen molar-refractivity contribution in [2.24, 2.45) is 29.1 Å². The summed E-state index contributed by atoms with van der Waals surface area (Å²) in [5.74, 6) is 4.62. The average molecular weight is 546 g/mol. The largest absolute Gasteiger partial charge is 0.481 e. The van der Waals surface area contributed by atoms with E-state index in [9.17, 15) is 10.4 Å². The standard InChI is InChI=1S/C31H43N7O2/c1-30(39)7-5-20(6-8-30)16-34-26-23-10-21-11-24(26)14-31(12-21,13-23)19-37-27-25(15-32)18-36-29(38-27)35-17-22-4-3-9-33-28(22)40-2/h3-4,9,18,20-21,23-24,26,34,39H,5-8,10-14,16-17,19H2,1-2H3,(H2,35,36,37,38)/t20-,21?,23-,24+,26-,30+,31-. The molecule has 2 heterocycles. The third-order valence-corrected chi connectivity index (χ3v) is 10.2. The van der Waals surface area contributed by atoms with Gasteiger partial charge in [-0.05, 0) is 106 Å². The number of ether oxygens (including phenoxy) is 1. The number of hydrogen-bond acceptors (Lipinski definition) is 9. The number of nitrogens with one attached hydrogen (secondary N) is 3. The van der Waals surface area contributed by atoms with Crippen LogP contribution < -0.4 is 20.7 Å². The molecular formula is C31H43N7O2. The van der Waals surface area contributed by atoms with Gasteiger partial charge in [0, 0.05) is 30.9 Å². The van der Waals surface area contributed by atoms with Gasteiger partial charge in [-0.2, -0.15) is 10.2 Å². The van der Waals surface area contributed by atoms with Crippen LogP contribution in [0.1, 0.15) is 75.8 Å². The lowest BCUT2D eigenvalue weighted by Crippen LogP contribution is -2.60. The maximum absolute atomic E-state index is 10.3. The Balaban J connectivity index is 1.07. The fourth-order valence-electron chi connectivity index (χ4n) is 8.42. The first-order valence-electron chi connectivity index (χ1n) is 15.0. The van der Waals surface area contributed by atoms with Gasteiger partial charge in [0.25, 0.3) is 0 Å².